The molecule has 6 nitrogen and oxygen atoms in total. The highest BCUT2D eigenvalue weighted by atomic mass is 79.9. The number of anilines is 1. The predicted molar refractivity (Wildman–Crippen MR) is 119 cm³/mol. The number of nitrogens with zero attached hydrogens (tertiary/aromatic N) is 3. The number of benzene rings is 2. The van der Waals surface area contributed by atoms with Crippen LogP contribution in [0.3, 0.4) is 0 Å². The molecule has 1 unspecified atom stereocenters. The number of rotatable bonds is 5. The average molecular weight is 482 g/mol. The molecule has 1 aliphatic rings. The quantitative estimate of drug-likeness (QED) is 0.529. The van der Waals surface area contributed by atoms with Crippen LogP contribution in [0.25, 0.3) is 6.08 Å². The van der Waals surface area contributed by atoms with Crippen molar-refractivity contribution in [1.82, 2.24) is 10.2 Å². The molecule has 0 saturated carbocycles. The first-order valence-electron chi connectivity index (χ1n) is 9.05. The molecule has 2 heterocycles. The standard InChI is InChI=1S/C22H16BrN3O3S/c1-13-24-25-22(30-13)26-19(15-8-10-16(23)11-9-15)18(20(28)21(26)29)17(27)12-7-14-5-3-2-4-6-14/h2-12,19,28H,1H3/b12-7+. The summed E-state index contributed by atoms with van der Waals surface area (Å²) in [5.41, 5.74) is 1.54. The van der Waals surface area contributed by atoms with Crippen molar-refractivity contribution in [3.63, 3.8) is 0 Å². The van der Waals surface area contributed by atoms with Crippen LogP contribution in [0.4, 0.5) is 5.13 Å². The third-order valence-corrected chi connectivity index (χ3v) is 5.97. The van der Waals surface area contributed by atoms with Crippen LogP contribution in [-0.4, -0.2) is 27.0 Å². The van der Waals surface area contributed by atoms with E-state index < -0.39 is 23.5 Å². The van der Waals surface area contributed by atoms with Crippen LogP contribution in [0, 0.1) is 6.92 Å². The van der Waals surface area contributed by atoms with Crippen LogP contribution >= 0.6 is 27.3 Å². The number of ketones is 1. The van der Waals surface area contributed by atoms with E-state index in [1.807, 2.05) is 42.5 Å². The summed E-state index contributed by atoms with van der Waals surface area (Å²) >= 11 is 4.62. The first-order chi connectivity index (χ1) is 14.5. The van der Waals surface area contributed by atoms with Crippen molar-refractivity contribution in [2.24, 2.45) is 0 Å². The number of hydrogen-bond donors (Lipinski definition) is 1. The Labute approximate surface area is 185 Å². The summed E-state index contributed by atoms with van der Waals surface area (Å²) < 4.78 is 0.860. The molecule has 8 heteroatoms. The van der Waals surface area contributed by atoms with Crippen molar-refractivity contribution in [3.05, 3.63) is 92.6 Å². The molecule has 1 aromatic heterocycles. The van der Waals surface area contributed by atoms with Crippen molar-refractivity contribution < 1.29 is 14.7 Å². The van der Waals surface area contributed by atoms with Gasteiger partial charge >= 0.3 is 0 Å². The number of carbonyl (C=O) groups is 2. The fourth-order valence-electron chi connectivity index (χ4n) is 3.22. The van der Waals surface area contributed by atoms with Gasteiger partial charge in [0, 0.05) is 4.47 Å². The van der Waals surface area contributed by atoms with E-state index in [0.29, 0.717) is 15.7 Å². The maximum absolute atomic E-state index is 13.1. The molecular weight excluding hydrogens is 466 g/mol. The van der Waals surface area contributed by atoms with Gasteiger partial charge in [-0.1, -0.05) is 75.8 Å². The number of amides is 1. The lowest BCUT2D eigenvalue weighted by Gasteiger charge is -2.23. The number of aliphatic hydroxyl groups is 1. The lowest BCUT2D eigenvalue weighted by Crippen LogP contribution is -2.30. The zero-order valence-corrected chi connectivity index (χ0v) is 18.2. The predicted octanol–water partition coefficient (Wildman–Crippen LogP) is 4.79. The molecule has 30 heavy (non-hydrogen) atoms. The second-order valence-electron chi connectivity index (χ2n) is 6.60. The third kappa shape index (κ3) is 3.83. The summed E-state index contributed by atoms with van der Waals surface area (Å²) in [7, 11) is 0. The van der Waals surface area contributed by atoms with Crippen LogP contribution in [0.5, 0.6) is 0 Å². The number of aliphatic hydroxyl groups excluding tert-OH is 1. The molecular formula is C22H16BrN3O3S. The zero-order valence-electron chi connectivity index (χ0n) is 15.8. The first-order valence-corrected chi connectivity index (χ1v) is 10.7. The summed E-state index contributed by atoms with van der Waals surface area (Å²) in [5, 5.41) is 19.7. The molecule has 0 fully saturated rings. The van der Waals surface area contributed by atoms with Crippen LogP contribution in [0.2, 0.25) is 0 Å². The molecule has 0 aliphatic carbocycles. The average Bonchev–Trinajstić information content (AvgIpc) is 3.28. The van der Waals surface area contributed by atoms with Gasteiger partial charge in [0.2, 0.25) is 5.13 Å². The third-order valence-electron chi connectivity index (χ3n) is 4.61. The van der Waals surface area contributed by atoms with Gasteiger partial charge in [0.25, 0.3) is 5.91 Å². The molecule has 1 atom stereocenters. The van der Waals surface area contributed by atoms with Crippen molar-refractivity contribution in [3.8, 4) is 0 Å². The number of aromatic nitrogens is 2. The normalized spacial score (nSPS) is 16.7. The van der Waals surface area contributed by atoms with Crippen LogP contribution < -0.4 is 4.90 Å². The van der Waals surface area contributed by atoms with Crippen molar-refractivity contribution in [2.75, 3.05) is 4.90 Å². The van der Waals surface area contributed by atoms with Crippen LogP contribution in [0.15, 0.2) is 76.5 Å². The van der Waals surface area contributed by atoms with Gasteiger partial charge in [-0.15, -0.1) is 10.2 Å². The van der Waals surface area contributed by atoms with E-state index in [2.05, 4.69) is 26.1 Å². The summed E-state index contributed by atoms with van der Waals surface area (Å²) in [6.07, 6.45) is 3.03. The van der Waals surface area contributed by atoms with Crippen molar-refractivity contribution in [2.45, 2.75) is 13.0 Å². The van der Waals surface area contributed by atoms with Gasteiger partial charge in [0.1, 0.15) is 5.01 Å². The number of carbonyl (C=O) groups excluding carboxylic acids is 2. The molecule has 1 amide bonds. The Morgan fingerprint density at radius 1 is 1.13 bits per heavy atom. The molecule has 0 spiro atoms. The van der Waals surface area contributed by atoms with Crippen LogP contribution in [0.1, 0.15) is 22.2 Å². The number of halogens is 1. The minimum absolute atomic E-state index is 0.0161. The summed E-state index contributed by atoms with van der Waals surface area (Å²) in [6, 6.07) is 15.8. The van der Waals surface area contributed by atoms with E-state index in [0.717, 1.165) is 10.0 Å². The Morgan fingerprint density at radius 2 is 1.83 bits per heavy atom. The number of aryl methyl sites for hydroxylation is 1. The Morgan fingerprint density at radius 3 is 2.47 bits per heavy atom. The second kappa shape index (κ2) is 8.33. The van der Waals surface area contributed by atoms with Crippen molar-refractivity contribution >= 4 is 50.2 Å². The van der Waals surface area contributed by atoms with Gasteiger partial charge < -0.3 is 5.11 Å². The van der Waals surface area contributed by atoms with Gasteiger partial charge in [0.15, 0.2) is 11.5 Å². The maximum Gasteiger partial charge on any atom is 0.296 e. The second-order valence-corrected chi connectivity index (χ2v) is 8.68. The molecule has 3 aromatic rings. The summed E-state index contributed by atoms with van der Waals surface area (Å²) in [6.45, 7) is 1.78. The molecule has 1 aliphatic heterocycles. The maximum atomic E-state index is 13.1. The number of hydrogen-bond acceptors (Lipinski definition) is 6. The molecule has 2 aromatic carbocycles. The van der Waals surface area contributed by atoms with E-state index in [1.54, 1.807) is 25.1 Å². The Hall–Kier alpha value is -3.10. The Bertz CT molecular complexity index is 1170. The SMILES string of the molecule is Cc1nnc(N2C(=O)C(O)=C(C(=O)/C=C/c3ccccc3)C2c2ccc(Br)cc2)s1. The molecule has 150 valence electrons. The highest BCUT2D eigenvalue weighted by Crippen LogP contribution is 2.42. The first kappa shape index (κ1) is 20.2. The lowest BCUT2D eigenvalue weighted by atomic mass is 9.96. The highest BCUT2D eigenvalue weighted by Gasteiger charge is 2.45. The minimum Gasteiger partial charge on any atom is -0.503 e. The molecule has 0 radical (unpaired) electrons. The minimum atomic E-state index is -0.800. The largest absolute Gasteiger partial charge is 0.503 e. The molecule has 1 N–H and O–H groups in total. The molecule has 4 rings (SSSR count). The lowest BCUT2D eigenvalue weighted by molar-refractivity contribution is -0.117. The summed E-state index contributed by atoms with van der Waals surface area (Å²) in [4.78, 5) is 27.3. The fourth-order valence-corrected chi connectivity index (χ4v) is 4.20. The van der Waals surface area contributed by atoms with Gasteiger partial charge in [-0.05, 0) is 36.3 Å². The molecule has 0 bridgehead atoms. The van der Waals surface area contributed by atoms with E-state index in [9.17, 15) is 14.7 Å². The topological polar surface area (TPSA) is 83.4 Å². The monoisotopic (exact) mass is 481 g/mol. The fraction of sp³-hybridized carbons (Fsp3) is 0.0909. The van der Waals surface area contributed by atoms with E-state index in [-0.39, 0.29) is 5.57 Å². The van der Waals surface area contributed by atoms with Crippen molar-refractivity contribution in [1.29, 1.82) is 0 Å². The van der Waals surface area contributed by atoms with Gasteiger partial charge in [-0.3, -0.25) is 14.5 Å². The van der Waals surface area contributed by atoms with Gasteiger partial charge in [-0.25, -0.2) is 0 Å². The van der Waals surface area contributed by atoms with Gasteiger partial charge in [0.05, 0.1) is 11.6 Å². The highest BCUT2D eigenvalue weighted by molar-refractivity contribution is 9.10. The Balaban J connectivity index is 1.78. The Kier molecular flexibility index (Phi) is 5.61. The van der Waals surface area contributed by atoms with E-state index >= 15 is 0 Å². The number of allylic oxidation sites excluding steroid dienone is 1. The van der Waals surface area contributed by atoms with E-state index in [1.165, 1.54) is 22.3 Å². The van der Waals surface area contributed by atoms with Gasteiger partial charge in [-0.2, -0.15) is 0 Å². The molecule has 0 saturated heterocycles. The van der Waals surface area contributed by atoms with E-state index in [4.69, 9.17) is 0 Å². The summed E-state index contributed by atoms with van der Waals surface area (Å²) in [5.74, 6) is -1.68. The zero-order chi connectivity index (χ0) is 21.3. The smallest absolute Gasteiger partial charge is 0.296 e. The van der Waals surface area contributed by atoms with Crippen LogP contribution in [-0.2, 0) is 9.59 Å².